The van der Waals surface area contributed by atoms with Crippen LogP contribution in [0.2, 0.25) is 0 Å². The molecule has 0 atom stereocenters. The van der Waals surface area contributed by atoms with E-state index in [1.807, 2.05) is 0 Å². The Labute approximate surface area is 96.9 Å². The fraction of sp³-hybridized carbons (Fsp3) is 0.143. The maximum absolute atomic E-state index is 10.5. The molecule has 0 bridgehead atoms. The van der Waals surface area contributed by atoms with E-state index in [1.165, 1.54) is 6.07 Å². The van der Waals surface area contributed by atoms with E-state index in [2.05, 4.69) is 38.5 Å². The van der Waals surface area contributed by atoms with Gasteiger partial charge >= 0.3 is 0 Å². The van der Waals surface area contributed by atoms with Gasteiger partial charge in [-0.1, -0.05) is 0 Å². The van der Waals surface area contributed by atoms with Crippen LogP contribution in [0.3, 0.4) is 0 Å². The highest BCUT2D eigenvalue weighted by Gasteiger charge is 2.16. The van der Waals surface area contributed by atoms with Crippen molar-refractivity contribution in [1.29, 1.82) is 0 Å². The molecule has 0 aliphatic carbocycles. The van der Waals surface area contributed by atoms with Gasteiger partial charge in [0.2, 0.25) is 0 Å². The third-order valence-electron chi connectivity index (χ3n) is 1.57. The SMILES string of the molecule is NCc1c(I)ccc([N+](=O)[O-])c1Br. The summed E-state index contributed by atoms with van der Waals surface area (Å²) in [5.41, 5.74) is 6.29. The molecule has 13 heavy (non-hydrogen) atoms. The lowest BCUT2D eigenvalue weighted by Gasteiger charge is -2.04. The molecule has 0 heterocycles. The topological polar surface area (TPSA) is 69.2 Å². The molecular weight excluding hydrogens is 351 g/mol. The molecule has 6 heteroatoms. The molecule has 0 amide bonds. The van der Waals surface area contributed by atoms with Gasteiger partial charge in [0.25, 0.3) is 5.69 Å². The van der Waals surface area contributed by atoms with E-state index in [0.717, 1.165) is 9.13 Å². The smallest absolute Gasteiger partial charge is 0.283 e. The Kier molecular flexibility index (Phi) is 3.63. The summed E-state index contributed by atoms with van der Waals surface area (Å²) in [5.74, 6) is 0. The van der Waals surface area contributed by atoms with Crippen molar-refractivity contribution in [2.24, 2.45) is 5.73 Å². The molecule has 0 radical (unpaired) electrons. The first-order valence-corrected chi connectivity index (χ1v) is 5.26. The molecular formula is C7H6BrIN2O2. The number of benzene rings is 1. The Hall–Kier alpha value is -0.210. The van der Waals surface area contributed by atoms with Crippen molar-refractivity contribution in [3.8, 4) is 0 Å². The summed E-state index contributed by atoms with van der Waals surface area (Å²) in [6.45, 7) is 0.292. The number of hydrogen-bond donors (Lipinski definition) is 1. The standard InChI is InChI=1S/C7H6BrIN2O2/c8-7-4(3-10)5(9)1-2-6(7)11(12)13/h1-2H,3,10H2. The van der Waals surface area contributed by atoms with Gasteiger partial charge in [-0.2, -0.15) is 0 Å². The quantitative estimate of drug-likeness (QED) is 0.502. The summed E-state index contributed by atoms with van der Waals surface area (Å²) in [6, 6.07) is 3.15. The Bertz CT molecular complexity index is 357. The molecule has 0 fully saturated rings. The molecule has 1 aromatic carbocycles. The van der Waals surface area contributed by atoms with Gasteiger partial charge in [0.15, 0.2) is 0 Å². The fourth-order valence-corrected chi connectivity index (χ4v) is 2.61. The van der Waals surface area contributed by atoms with Crippen LogP contribution >= 0.6 is 38.5 Å². The molecule has 0 aromatic heterocycles. The van der Waals surface area contributed by atoms with Gasteiger partial charge in [-0.3, -0.25) is 10.1 Å². The van der Waals surface area contributed by atoms with Gasteiger partial charge in [-0.15, -0.1) is 0 Å². The van der Waals surface area contributed by atoms with E-state index in [0.29, 0.717) is 11.0 Å². The Morgan fingerprint density at radius 2 is 2.23 bits per heavy atom. The lowest BCUT2D eigenvalue weighted by atomic mass is 10.2. The molecule has 0 aliphatic heterocycles. The minimum atomic E-state index is -0.431. The first kappa shape index (κ1) is 10.9. The normalized spacial score (nSPS) is 10.1. The van der Waals surface area contributed by atoms with Crippen molar-refractivity contribution in [2.75, 3.05) is 0 Å². The van der Waals surface area contributed by atoms with Crippen molar-refractivity contribution in [3.63, 3.8) is 0 Å². The zero-order valence-corrected chi connectivity index (χ0v) is 10.2. The molecule has 0 saturated carbocycles. The van der Waals surface area contributed by atoms with Crippen LogP contribution in [-0.2, 0) is 6.54 Å². The third kappa shape index (κ3) is 2.18. The van der Waals surface area contributed by atoms with E-state index in [9.17, 15) is 10.1 Å². The zero-order valence-electron chi connectivity index (χ0n) is 6.46. The van der Waals surface area contributed by atoms with E-state index in [1.54, 1.807) is 6.07 Å². The highest BCUT2D eigenvalue weighted by Crippen LogP contribution is 2.31. The minimum Gasteiger partial charge on any atom is -0.326 e. The summed E-state index contributed by atoms with van der Waals surface area (Å²) in [7, 11) is 0. The lowest BCUT2D eigenvalue weighted by molar-refractivity contribution is -0.385. The molecule has 0 saturated heterocycles. The number of hydrogen-bond acceptors (Lipinski definition) is 3. The van der Waals surface area contributed by atoms with Crippen LogP contribution in [0.1, 0.15) is 5.56 Å². The molecule has 0 aliphatic rings. The van der Waals surface area contributed by atoms with Crippen molar-refractivity contribution < 1.29 is 4.92 Å². The summed E-state index contributed by atoms with van der Waals surface area (Å²) in [4.78, 5) is 10.1. The molecule has 1 aromatic rings. The second-order valence-corrected chi connectivity index (χ2v) is 4.28. The maximum atomic E-state index is 10.5. The molecule has 0 unspecified atom stereocenters. The van der Waals surface area contributed by atoms with Crippen LogP contribution in [0.5, 0.6) is 0 Å². The summed E-state index contributed by atoms with van der Waals surface area (Å²) in [6.07, 6.45) is 0. The van der Waals surface area contributed by atoms with Crippen molar-refractivity contribution in [1.82, 2.24) is 0 Å². The molecule has 2 N–H and O–H groups in total. The monoisotopic (exact) mass is 356 g/mol. The van der Waals surface area contributed by atoms with Gasteiger partial charge in [0.05, 0.1) is 4.92 Å². The van der Waals surface area contributed by atoms with Crippen molar-refractivity contribution in [3.05, 3.63) is 35.9 Å². The number of rotatable bonds is 2. The molecule has 0 spiro atoms. The van der Waals surface area contributed by atoms with Gasteiger partial charge in [0.1, 0.15) is 4.47 Å². The number of halogens is 2. The molecule has 1 rings (SSSR count). The largest absolute Gasteiger partial charge is 0.326 e. The number of nitrogens with two attached hydrogens (primary N) is 1. The third-order valence-corrected chi connectivity index (χ3v) is 3.46. The average molecular weight is 357 g/mol. The summed E-state index contributed by atoms with van der Waals surface area (Å²) < 4.78 is 1.41. The maximum Gasteiger partial charge on any atom is 0.283 e. The fourth-order valence-electron chi connectivity index (χ4n) is 0.913. The molecule has 4 nitrogen and oxygen atoms in total. The zero-order chi connectivity index (χ0) is 10.0. The first-order valence-electron chi connectivity index (χ1n) is 3.39. The second kappa shape index (κ2) is 4.34. The Balaban J connectivity index is 3.35. The van der Waals surface area contributed by atoms with E-state index < -0.39 is 4.92 Å². The molecule has 70 valence electrons. The number of nitro groups is 1. The van der Waals surface area contributed by atoms with Crippen LogP contribution < -0.4 is 5.73 Å². The van der Waals surface area contributed by atoms with Gasteiger partial charge in [-0.05, 0) is 44.6 Å². The predicted octanol–water partition coefficient (Wildman–Crippen LogP) is 2.42. The highest BCUT2D eigenvalue weighted by molar-refractivity contribution is 14.1. The summed E-state index contributed by atoms with van der Waals surface area (Å²) >= 11 is 5.26. The van der Waals surface area contributed by atoms with Gasteiger partial charge in [0, 0.05) is 21.7 Å². The first-order chi connectivity index (χ1) is 6.07. The van der Waals surface area contributed by atoms with Gasteiger partial charge < -0.3 is 5.73 Å². The number of nitro benzene ring substituents is 1. The van der Waals surface area contributed by atoms with E-state index >= 15 is 0 Å². The Morgan fingerprint density at radius 1 is 1.62 bits per heavy atom. The Morgan fingerprint density at radius 3 is 2.69 bits per heavy atom. The van der Waals surface area contributed by atoms with E-state index in [4.69, 9.17) is 5.73 Å². The van der Waals surface area contributed by atoms with Crippen molar-refractivity contribution in [2.45, 2.75) is 6.54 Å². The lowest BCUT2D eigenvalue weighted by Crippen LogP contribution is -2.02. The van der Waals surface area contributed by atoms with E-state index in [-0.39, 0.29) is 5.69 Å². The predicted molar refractivity (Wildman–Crippen MR) is 61.4 cm³/mol. The summed E-state index contributed by atoms with van der Waals surface area (Å²) in [5, 5.41) is 10.5. The van der Waals surface area contributed by atoms with Crippen LogP contribution in [0.15, 0.2) is 16.6 Å². The van der Waals surface area contributed by atoms with Crippen molar-refractivity contribution >= 4 is 44.2 Å². The minimum absolute atomic E-state index is 0.0564. The highest BCUT2D eigenvalue weighted by atomic mass is 127. The van der Waals surface area contributed by atoms with Crippen LogP contribution in [0.4, 0.5) is 5.69 Å². The number of nitrogens with zero attached hydrogens (tertiary/aromatic N) is 1. The van der Waals surface area contributed by atoms with Crippen LogP contribution in [0, 0.1) is 13.7 Å². The van der Waals surface area contributed by atoms with Crippen LogP contribution in [-0.4, -0.2) is 4.92 Å². The average Bonchev–Trinajstić information content (AvgIpc) is 2.04. The second-order valence-electron chi connectivity index (χ2n) is 2.32. The van der Waals surface area contributed by atoms with Crippen LogP contribution in [0.25, 0.3) is 0 Å². The van der Waals surface area contributed by atoms with Gasteiger partial charge in [-0.25, -0.2) is 0 Å².